The first-order chi connectivity index (χ1) is 9.78. The van der Waals surface area contributed by atoms with Crippen molar-refractivity contribution in [3.63, 3.8) is 0 Å². The average Bonchev–Trinajstić information content (AvgIpc) is 2.88. The molecule has 1 saturated heterocycles. The Morgan fingerprint density at radius 1 is 1.32 bits per heavy atom. The zero-order chi connectivity index (χ0) is 15.5. The van der Waals surface area contributed by atoms with Crippen LogP contribution in [0, 0.1) is 5.92 Å². The molecule has 1 aliphatic rings. The predicted molar refractivity (Wildman–Crippen MR) is 76.5 cm³/mol. The summed E-state index contributed by atoms with van der Waals surface area (Å²) in [6.07, 6.45) is -4.12. The van der Waals surface area contributed by atoms with E-state index in [-0.39, 0.29) is 24.9 Å². The highest BCUT2D eigenvalue weighted by atomic mass is 35.5. The van der Waals surface area contributed by atoms with E-state index in [1.54, 1.807) is 0 Å². The molecule has 1 unspecified atom stereocenters. The van der Waals surface area contributed by atoms with E-state index >= 15 is 0 Å². The number of para-hydroxylation sites is 1. The molecule has 0 bridgehead atoms. The molecule has 0 saturated carbocycles. The summed E-state index contributed by atoms with van der Waals surface area (Å²) < 4.78 is 67.2. The molecule has 126 valence electrons. The Labute approximate surface area is 132 Å². The summed E-state index contributed by atoms with van der Waals surface area (Å²) in [6, 6.07) is 4.67. The van der Waals surface area contributed by atoms with Gasteiger partial charge in [-0.1, -0.05) is 12.1 Å². The standard InChI is InChI=1S/C12H15F3N2O3S.ClH/c13-12(14,15)20-10-3-1-2-4-11(10)21(18,19)17-8-9-5-6-16-7-9;/h1-4,9,16-17H,5-8H2;1H. The van der Waals surface area contributed by atoms with E-state index in [4.69, 9.17) is 0 Å². The molecule has 0 spiro atoms. The van der Waals surface area contributed by atoms with Gasteiger partial charge < -0.3 is 10.1 Å². The average molecular weight is 361 g/mol. The van der Waals surface area contributed by atoms with Gasteiger partial charge in [0.05, 0.1) is 0 Å². The largest absolute Gasteiger partial charge is 0.573 e. The molecule has 1 fully saturated rings. The van der Waals surface area contributed by atoms with Gasteiger partial charge in [-0.15, -0.1) is 25.6 Å². The van der Waals surface area contributed by atoms with Crippen LogP contribution in [0.3, 0.4) is 0 Å². The number of ether oxygens (including phenoxy) is 1. The Hall–Kier alpha value is -1.03. The summed E-state index contributed by atoms with van der Waals surface area (Å²) >= 11 is 0. The lowest BCUT2D eigenvalue weighted by atomic mass is 10.1. The Bertz CT molecular complexity index is 590. The van der Waals surface area contributed by atoms with E-state index < -0.39 is 27.0 Å². The van der Waals surface area contributed by atoms with Crippen LogP contribution >= 0.6 is 12.4 Å². The molecule has 1 aliphatic heterocycles. The van der Waals surface area contributed by atoms with Crippen LogP contribution in [0.1, 0.15) is 6.42 Å². The minimum atomic E-state index is -4.94. The van der Waals surface area contributed by atoms with Crippen molar-refractivity contribution >= 4 is 22.4 Å². The molecule has 2 N–H and O–H groups in total. The number of halogens is 4. The van der Waals surface area contributed by atoms with Crippen molar-refractivity contribution in [3.8, 4) is 5.75 Å². The topological polar surface area (TPSA) is 67.4 Å². The number of rotatable bonds is 5. The van der Waals surface area contributed by atoms with Crippen molar-refractivity contribution < 1.29 is 26.3 Å². The highest BCUT2D eigenvalue weighted by molar-refractivity contribution is 7.89. The van der Waals surface area contributed by atoms with E-state index in [0.29, 0.717) is 6.54 Å². The Balaban J connectivity index is 0.00000242. The molecule has 0 amide bonds. The van der Waals surface area contributed by atoms with Crippen molar-refractivity contribution in [3.05, 3.63) is 24.3 Å². The van der Waals surface area contributed by atoms with Gasteiger partial charge in [0, 0.05) is 6.54 Å². The second-order valence-corrected chi connectivity index (χ2v) is 6.44. The van der Waals surface area contributed by atoms with Crippen LogP contribution in [0.4, 0.5) is 13.2 Å². The summed E-state index contributed by atoms with van der Waals surface area (Å²) in [6.45, 7) is 1.67. The molecule has 1 atom stereocenters. The minimum absolute atomic E-state index is 0. The van der Waals surface area contributed by atoms with E-state index in [0.717, 1.165) is 25.1 Å². The molecule has 1 aromatic rings. The molecule has 5 nitrogen and oxygen atoms in total. The number of alkyl halides is 3. The molecule has 1 aromatic carbocycles. The third-order valence-electron chi connectivity index (χ3n) is 3.09. The molecule has 0 radical (unpaired) electrons. The van der Waals surface area contributed by atoms with Crippen LogP contribution < -0.4 is 14.8 Å². The lowest BCUT2D eigenvalue weighted by Gasteiger charge is -2.15. The minimum Gasteiger partial charge on any atom is -0.404 e. The van der Waals surface area contributed by atoms with Gasteiger partial charge >= 0.3 is 6.36 Å². The van der Waals surface area contributed by atoms with Gasteiger partial charge in [-0.3, -0.25) is 0 Å². The summed E-state index contributed by atoms with van der Waals surface area (Å²) in [4.78, 5) is -0.520. The van der Waals surface area contributed by atoms with Gasteiger partial charge in [0.2, 0.25) is 10.0 Å². The molecule has 22 heavy (non-hydrogen) atoms. The molecular weight excluding hydrogens is 345 g/mol. The number of sulfonamides is 1. The van der Waals surface area contributed by atoms with Crippen molar-refractivity contribution in [2.45, 2.75) is 17.7 Å². The third kappa shape index (κ3) is 5.31. The first kappa shape index (κ1) is 19.0. The van der Waals surface area contributed by atoms with Crippen molar-refractivity contribution in [1.29, 1.82) is 0 Å². The van der Waals surface area contributed by atoms with E-state index in [1.807, 2.05) is 0 Å². The summed E-state index contributed by atoms with van der Waals surface area (Å²) in [7, 11) is -4.05. The fourth-order valence-corrected chi connectivity index (χ4v) is 3.32. The molecule has 10 heteroatoms. The molecule has 1 heterocycles. The zero-order valence-electron chi connectivity index (χ0n) is 11.4. The maximum Gasteiger partial charge on any atom is 0.573 e. The summed E-state index contributed by atoms with van der Waals surface area (Å²) in [5, 5.41) is 3.08. The molecular formula is C12H16ClF3N2O3S. The first-order valence-corrected chi connectivity index (χ1v) is 7.81. The number of hydrogen-bond acceptors (Lipinski definition) is 4. The van der Waals surface area contributed by atoms with Crippen molar-refractivity contribution in [1.82, 2.24) is 10.0 Å². The van der Waals surface area contributed by atoms with Gasteiger partial charge in [-0.05, 0) is 37.6 Å². The van der Waals surface area contributed by atoms with Crippen LogP contribution in [0.25, 0.3) is 0 Å². The summed E-state index contributed by atoms with van der Waals surface area (Å²) in [5.74, 6) is -0.600. The quantitative estimate of drug-likeness (QED) is 0.841. The second-order valence-electron chi connectivity index (χ2n) is 4.71. The van der Waals surface area contributed by atoms with E-state index in [2.05, 4.69) is 14.8 Å². The van der Waals surface area contributed by atoms with E-state index in [1.165, 1.54) is 12.1 Å². The fourth-order valence-electron chi connectivity index (χ4n) is 2.08. The van der Waals surface area contributed by atoms with Gasteiger partial charge in [-0.2, -0.15) is 0 Å². The fraction of sp³-hybridized carbons (Fsp3) is 0.500. The van der Waals surface area contributed by atoms with Gasteiger partial charge in [-0.25, -0.2) is 13.1 Å². The summed E-state index contributed by atoms with van der Waals surface area (Å²) in [5.41, 5.74) is 0. The lowest BCUT2D eigenvalue weighted by molar-refractivity contribution is -0.275. The van der Waals surface area contributed by atoms with Crippen LogP contribution in [-0.2, 0) is 10.0 Å². The predicted octanol–water partition coefficient (Wildman–Crippen LogP) is 1.89. The smallest absolute Gasteiger partial charge is 0.404 e. The maximum absolute atomic E-state index is 12.3. The Morgan fingerprint density at radius 3 is 2.59 bits per heavy atom. The monoisotopic (exact) mass is 360 g/mol. The Kier molecular flexibility index (Phi) is 6.48. The van der Waals surface area contributed by atoms with Gasteiger partial charge in [0.25, 0.3) is 0 Å². The maximum atomic E-state index is 12.3. The highest BCUT2D eigenvalue weighted by Crippen LogP contribution is 2.29. The normalized spacial score (nSPS) is 18.8. The SMILES string of the molecule is Cl.O=S(=O)(NCC1CCNC1)c1ccccc1OC(F)(F)F. The van der Waals surface area contributed by atoms with Crippen LogP contribution in [0.5, 0.6) is 5.75 Å². The third-order valence-corrected chi connectivity index (χ3v) is 4.55. The molecule has 0 aliphatic carbocycles. The number of hydrogen-bond donors (Lipinski definition) is 2. The Morgan fingerprint density at radius 2 is 2.00 bits per heavy atom. The second kappa shape index (κ2) is 7.49. The van der Waals surface area contributed by atoms with E-state index in [9.17, 15) is 21.6 Å². The molecule has 0 aromatic heterocycles. The van der Waals surface area contributed by atoms with Gasteiger partial charge in [0.1, 0.15) is 10.6 Å². The van der Waals surface area contributed by atoms with Crippen LogP contribution in [-0.4, -0.2) is 34.4 Å². The highest BCUT2D eigenvalue weighted by Gasteiger charge is 2.34. The van der Waals surface area contributed by atoms with Gasteiger partial charge in [0.15, 0.2) is 0 Å². The molecule has 2 rings (SSSR count). The number of benzene rings is 1. The first-order valence-electron chi connectivity index (χ1n) is 6.33. The zero-order valence-corrected chi connectivity index (χ0v) is 13.0. The van der Waals surface area contributed by atoms with Crippen molar-refractivity contribution in [2.75, 3.05) is 19.6 Å². The number of nitrogens with one attached hydrogen (secondary N) is 2. The lowest BCUT2D eigenvalue weighted by Crippen LogP contribution is -2.31. The van der Waals surface area contributed by atoms with Crippen molar-refractivity contribution in [2.24, 2.45) is 5.92 Å². The van der Waals surface area contributed by atoms with Crippen LogP contribution in [0.15, 0.2) is 29.2 Å². The van der Waals surface area contributed by atoms with Crippen LogP contribution in [0.2, 0.25) is 0 Å².